The van der Waals surface area contributed by atoms with E-state index in [0.717, 1.165) is 5.56 Å². The molecule has 0 aliphatic rings. The Bertz CT molecular complexity index is 857. The van der Waals surface area contributed by atoms with Crippen molar-refractivity contribution in [2.45, 2.75) is 12.5 Å². The Labute approximate surface area is 160 Å². The minimum atomic E-state index is -0.297. The Morgan fingerprint density at radius 3 is 2.65 bits per heavy atom. The molecule has 2 amide bonds. The third-order valence-electron chi connectivity index (χ3n) is 4.02. The van der Waals surface area contributed by atoms with E-state index in [2.05, 4.69) is 10.6 Å². The number of aromatic nitrogens is 1. The van der Waals surface area contributed by atoms with Gasteiger partial charge < -0.3 is 15.2 Å². The highest BCUT2D eigenvalue weighted by atomic mass is 35.5. The van der Waals surface area contributed by atoms with E-state index in [0.29, 0.717) is 16.3 Å². The normalized spacial score (nSPS) is 11.8. The number of anilines is 1. The van der Waals surface area contributed by atoms with Gasteiger partial charge in [0.2, 0.25) is 5.91 Å². The zero-order valence-corrected chi connectivity index (χ0v) is 15.7. The fraction of sp³-hybridized carbons (Fsp3) is 0.158. The predicted octanol–water partition coefficient (Wildman–Crippen LogP) is 4.18. The summed E-state index contributed by atoms with van der Waals surface area (Å²) in [6, 6.07) is 10.7. The van der Waals surface area contributed by atoms with Crippen molar-refractivity contribution >= 4 is 40.4 Å². The first-order chi connectivity index (χ1) is 12.6. The number of rotatable bonds is 6. The summed E-state index contributed by atoms with van der Waals surface area (Å²) in [6.07, 6.45) is 4.17. The Morgan fingerprint density at radius 2 is 2.00 bits per heavy atom. The minimum Gasteiger partial charge on any atom is -0.355 e. The van der Waals surface area contributed by atoms with Crippen LogP contribution in [-0.4, -0.2) is 23.4 Å². The molecule has 26 heavy (non-hydrogen) atoms. The number of hydrogen-bond acceptors (Lipinski definition) is 3. The lowest BCUT2D eigenvalue weighted by atomic mass is 10.1. The smallest absolute Gasteiger partial charge is 0.252 e. The van der Waals surface area contributed by atoms with Gasteiger partial charge in [-0.15, -0.1) is 0 Å². The molecule has 2 aromatic heterocycles. The Balaban J connectivity index is 1.76. The average molecular weight is 388 g/mol. The SMILES string of the molecule is CNC(=O)c1cc(NC(=O)CC(c2ccsc2)n2cccc2)ccc1Cl. The van der Waals surface area contributed by atoms with Crippen LogP contribution >= 0.6 is 22.9 Å². The molecule has 0 spiro atoms. The van der Waals surface area contributed by atoms with Crippen molar-refractivity contribution in [3.63, 3.8) is 0 Å². The van der Waals surface area contributed by atoms with Gasteiger partial charge in [-0.1, -0.05) is 11.6 Å². The van der Waals surface area contributed by atoms with Crippen molar-refractivity contribution in [1.82, 2.24) is 9.88 Å². The van der Waals surface area contributed by atoms with Crippen molar-refractivity contribution in [2.24, 2.45) is 0 Å². The zero-order valence-electron chi connectivity index (χ0n) is 14.1. The lowest BCUT2D eigenvalue weighted by molar-refractivity contribution is -0.116. The van der Waals surface area contributed by atoms with E-state index in [1.165, 1.54) is 7.05 Å². The summed E-state index contributed by atoms with van der Waals surface area (Å²) in [6.45, 7) is 0. The van der Waals surface area contributed by atoms with Crippen molar-refractivity contribution < 1.29 is 9.59 Å². The van der Waals surface area contributed by atoms with E-state index in [1.54, 1.807) is 29.5 Å². The highest BCUT2D eigenvalue weighted by Crippen LogP contribution is 2.26. The molecule has 2 heterocycles. The Hall–Kier alpha value is -2.57. The van der Waals surface area contributed by atoms with Crippen LogP contribution in [0.3, 0.4) is 0 Å². The molecule has 0 radical (unpaired) electrons. The Morgan fingerprint density at radius 1 is 1.23 bits per heavy atom. The van der Waals surface area contributed by atoms with E-state index in [4.69, 9.17) is 11.6 Å². The average Bonchev–Trinajstić information content (AvgIpc) is 3.34. The van der Waals surface area contributed by atoms with Crippen LogP contribution in [0, 0.1) is 0 Å². The van der Waals surface area contributed by atoms with Crippen LogP contribution in [0.25, 0.3) is 0 Å². The largest absolute Gasteiger partial charge is 0.355 e. The molecule has 134 valence electrons. The molecule has 0 aliphatic heterocycles. The molecular formula is C19H18ClN3O2S. The summed E-state index contributed by atoms with van der Waals surface area (Å²) < 4.78 is 2.01. The maximum Gasteiger partial charge on any atom is 0.252 e. The van der Waals surface area contributed by atoms with Crippen LogP contribution in [0.2, 0.25) is 5.02 Å². The number of thiophene rings is 1. The van der Waals surface area contributed by atoms with E-state index in [1.807, 2.05) is 45.9 Å². The molecular weight excluding hydrogens is 370 g/mol. The second-order valence-corrected chi connectivity index (χ2v) is 6.92. The van der Waals surface area contributed by atoms with Gasteiger partial charge in [-0.25, -0.2) is 0 Å². The van der Waals surface area contributed by atoms with E-state index >= 15 is 0 Å². The van der Waals surface area contributed by atoms with Crippen LogP contribution in [0.15, 0.2) is 59.6 Å². The van der Waals surface area contributed by atoms with Gasteiger partial charge in [0.15, 0.2) is 0 Å². The van der Waals surface area contributed by atoms with Gasteiger partial charge in [0, 0.05) is 25.1 Å². The third-order valence-corrected chi connectivity index (χ3v) is 5.05. The predicted molar refractivity (Wildman–Crippen MR) is 105 cm³/mol. The number of carbonyl (C=O) groups is 2. The van der Waals surface area contributed by atoms with Gasteiger partial charge in [0.25, 0.3) is 5.91 Å². The molecule has 7 heteroatoms. The number of hydrogen-bond donors (Lipinski definition) is 2. The standard InChI is InChI=1S/C19H18ClN3O2S/c1-21-19(25)15-10-14(4-5-16(15)20)22-18(24)11-17(13-6-9-26-12-13)23-7-2-3-8-23/h2-10,12,17H,11H2,1H3,(H,21,25)(H,22,24). The lowest BCUT2D eigenvalue weighted by Gasteiger charge is -2.18. The van der Waals surface area contributed by atoms with Crippen LogP contribution in [-0.2, 0) is 4.79 Å². The number of amides is 2. The monoisotopic (exact) mass is 387 g/mol. The maximum atomic E-state index is 12.6. The van der Waals surface area contributed by atoms with Crippen LogP contribution in [0.4, 0.5) is 5.69 Å². The first-order valence-corrected chi connectivity index (χ1v) is 9.36. The second-order valence-electron chi connectivity index (χ2n) is 5.73. The fourth-order valence-corrected chi connectivity index (χ4v) is 3.63. The van der Waals surface area contributed by atoms with E-state index < -0.39 is 0 Å². The molecule has 0 saturated heterocycles. The first-order valence-electron chi connectivity index (χ1n) is 8.04. The van der Waals surface area contributed by atoms with Gasteiger partial charge in [-0.3, -0.25) is 9.59 Å². The first kappa shape index (κ1) is 18.2. The summed E-state index contributed by atoms with van der Waals surface area (Å²) in [7, 11) is 1.53. The van der Waals surface area contributed by atoms with Gasteiger partial charge in [-0.2, -0.15) is 11.3 Å². The van der Waals surface area contributed by atoms with Crippen molar-refractivity contribution in [3.8, 4) is 0 Å². The molecule has 0 saturated carbocycles. The molecule has 0 fully saturated rings. The molecule has 3 rings (SSSR count). The zero-order chi connectivity index (χ0) is 18.5. The van der Waals surface area contributed by atoms with Crippen LogP contribution in [0.1, 0.15) is 28.4 Å². The molecule has 5 nitrogen and oxygen atoms in total. The van der Waals surface area contributed by atoms with Crippen molar-refractivity contribution in [3.05, 3.63) is 75.7 Å². The summed E-state index contributed by atoms with van der Waals surface area (Å²) in [4.78, 5) is 24.4. The number of nitrogens with one attached hydrogen (secondary N) is 2. The fourth-order valence-electron chi connectivity index (χ4n) is 2.71. The van der Waals surface area contributed by atoms with Gasteiger partial charge in [0.1, 0.15) is 0 Å². The number of halogens is 1. The summed E-state index contributed by atoms with van der Waals surface area (Å²) >= 11 is 7.65. The number of benzene rings is 1. The lowest BCUT2D eigenvalue weighted by Crippen LogP contribution is -2.21. The maximum absolute atomic E-state index is 12.6. The number of carbonyl (C=O) groups excluding carboxylic acids is 2. The van der Waals surface area contributed by atoms with Crippen LogP contribution < -0.4 is 10.6 Å². The van der Waals surface area contributed by atoms with Crippen molar-refractivity contribution in [2.75, 3.05) is 12.4 Å². The quantitative estimate of drug-likeness (QED) is 0.666. The highest BCUT2D eigenvalue weighted by Gasteiger charge is 2.18. The number of nitrogens with zero attached hydrogens (tertiary/aromatic N) is 1. The minimum absolute atomic E-state index is 0.0815. The molecule has 0 bridgehead atoms. The molecule has 3 aromatic rings. The highest BCUT2D eigenvalue weighted by molar-refractivity contribution is 7.08. The molecule has 2 N–H and O–H groups in total. The van der Waals surface area contributed by atoms with Gasteiger partial charge in [-0.05, 0) is 52.7 Å². The summed E-state index contributed by atoms with van der Waals surface area (Å²) in [5.41, 5.74) is 1.95. The van der Waals surface area contributed by atoms with Gasteiger partial charge >= 0.3 is 0 Å². The topological polar surface area (TPSA) is 63.1 Å². The molecule has 1 aromatic carbocycles. The molecule has 1 unspecified atom stereocenters. The second kappa shape index (κ2) is 8.21. The summed E-state index contributed by atoms with van der Waals surface area (Å²) in [5, 5.41) is 9.77. The Kier molecular flexibility index (Phi) is 5.75. The summed E-state index contributed by atoms with van der Waals surface area (Å²) in [5.74, 6) is -0.435. The van der Waals surface area contributed by atoms with Crippen LogP contribution in [0.5, 0.6) is 0 Å². The van der Waals surface area contributed by atoms with E-state index in [9.17, 15) is 9.59 Å². The van der Waals surface area contributed by atoms with E-state index in [-0.39, 0.29) is 24.3 Å². The van der Waals surface area contributed by atoms with Gasteiger partial charge in [0.05, 0.1) is 23.0 Å². The molecule has 1 atom stereocenters. The molecule has 0 aliphatic carbocycles. The van der Waals surface area contributed by atoms with Crippen molar-refractivity contribution in [1.29, 1.82) is 0 Å². The third kappa shape index (κ3) is 4.15.